The fraction of sp³-hybridized carbons (Fsp3) is 0.554. The standard InChI is InChI=1S/C56H76N4O7/c1-14-40-36(8)43-29-45-38(10)42(25-26-49(61)66-28-27-35(7)24-18-23-34(6)22-17-21-33(5)20-16-19-32(3)4)52(59-45)51-53-50(54(62)56(51,67-65-13)55(63)64-12)39(11)46(60-53)31-48-41(15-2)37(9)44(58-48)30-47(40)57-43/h14,27,29-34,38,42,59,62H,1,15-26,28H2,2-13H3/b35-27+,45-29?,47-30?,48-31?,52-51?/t33-,34-,38-,42-,56+/m0/s1. The molecule has 11 nitrogen and oxygen atoms in total. The molecule has 0 radical (unpaired) electrons. The molecule has 5 heterocycles. The van der Waals surface area contributed by atoms with Gasteiger partial charge >= 0.3 is 11.9 Å². The third-order valence-corrected chi connectivity index (χ3v) is 14.6. The SMILES string of the molecule is C=CC1=C(C)C2=NC1=CC1=NC(=CC3=C(C)C4=C(O)[C@@](OOC)(C(=O)OC)C(=C5NC(=C2)[C@@H](C)[C@@H]5CCC(=O)OC/C=C(\C)CCC[C@@H](C)CCC[C@@H](C)CCCC(C)C)C4=N3)C(CC)=C1C. The zero-order valence-corrected chi connectivity index (χ0v) is 42.4. The van der Waals surface area contributed by atoms with Crippen LogP contribution in [-0.2, 0) is 28.8 Å². The lowest BCUT2D eigenvalue weighted by Crippen LogP contribution is -2.46. The predicted octanol–water partition coefficient (Wildman–Crippen LogP) is 12.7. The van der Waals surface area contributed by atoms with Gasteiger partial charge in [0.2, 0.25) is 0 Å². The van der Waals surface area contributed by atoms with E-state index < -0.39 is 23.2 Å². The minimum Gasteiger partial charge on any atom is -0.507 e. The Hall–Kier alpha value is -5.13. The lowest BCUT2D eigenvalue weighted by molar-refractivity contribution is -0.322. The van der Waals surface area contributed by atoms with Crippen molar-refractivity contribution in [2.75, 3.05) is 20.8 Å². The maximum atomic E-state index is 14.1. The summed E-state index contributed by atoms with van der Waals surface area (Å²) in [7, 11) is 2.52. The molecule has 0 aromatic rings. The molecule has 8 bridgehead atoms. The maximum Gasteiger partial charge on any atom is 0.354 e. The topological polar surface area (TPSA) is 140 Å². The first-order chi connectivity index (χ1) is 32.0. The van der Waals surface area contributed by atoms with Crippen molar-refractivity contribution in [1.82, 2.24) is 5.32 Å². The predicted molar refractivity (Wildman–Crippen MR) is 269 cm³/mol. The van der Waals surface area contributed by atoms with Gasteiger partial charge in [-0.2, -0.15) is 0 Å². The van der Waals surface area contributed by atoms with Crippen molar-refractivity contribution in [2.45, 2.75) is 152 Å². The van der Waals surface area contributed by atoms with Gasteiger partial charge in [0.15, 0.2) is 5.76 Å². The van der Waals surface area contributed by atoms with Crippen molar-refractivity contribution in [3.05, 3.63) is 116 Å². The molecule has 1 aliphatic carbocycles. The third kappa shape index (κ3) is 10.8. The molecule has 362 valence electrons. The molecule has 5 aliphatic heterocycles. The molecule has 5 atom stereocenters. The first-order valence-electron chi connectivity index (χ1n) is 24.7. The monoisotopic (exact) mass is 917 g/mol. The molecule has 1 fully saturated rings. The summed E-state index contributed by atoms with van der Waals surface area (Å²) in [5.41, 5.74) is 9.54. The van der Waals surface area contributed by atoms with E-state index in [1.807, 2.05) is 44.2 Å². The summed E-state index contributed by atoms with van der Waals surface area (Å²) in [6.07, 6.45) is 22.2. The van der Waals surface area contributed by atoms with Crippen LogP contribution in [0.4, 0.5) is 0 Å². The van der Waals surface area contributed by atoms with Gasteiger partial charge < -0.3 is 19.9 Å². The van der Waals surface area contributed by atoms with E-state index >= 15 is 0 Å². The van der Waals surface area contributed by atoms with Gasteiger partial charge in [-0.05, 0) is 118 Å². The highest BCUT2D eigenvalue weighted by molar-refractivity contribution is 6.26. The number of hydrogen-bond acceptors (Lipinski definition) is 11. The van der Waals surface area contributed by atoms with Gasteiger partial charge in [0.05, 0.1) is 54.0 Å². The molecule has 6 aliphatic rings. The minimum atomic E-state index is -2.22. The van der Waals surface area contributed by atoms with Gasteiger partial charge in [0.1, 0.15) is 6.61 Å². The number of carbonyl (C=O) groups excluding carboxylic acids is 2. The van der Waals surface area contributed by atoms with Crippen molar-refractivity contribution in [3.8, 4) is 0 Å². The number of esters is 2. The molecule has 0 amide bonds. The van der Waals surface area contributed by atoms with E-state index in [1.54, 1.807) is 0 Å². The fourth-order valence-corrected chi connectivity index (χ4v) is 10.5. The quantitative estimate of drug-likeness (QED) is 0.0473. The van der Waals surface area contributed by atoms with E-state index in [9.17, 15) is 14.7 Å². The largest absolute Gasteiger partial charge is 0.507 e. The number of allylic oxidation sites excluding steroid dienone is 12. The number of aliphatic imine (C=N–C) groups is 3. The molecular formula is C56H76N4O7. The minimum absolute atomic E-state index is 0.101. The number of methoxy groups -OCH3 is 1. The number of fused-ring (bicyclic) bond motifs is 5. The van der Waals surface area contributed by atoms with Gasteiger partial charge in [0.25, 0.3) is 5.60 Å². The molecule has 0 spiro atoms. The molecule has 2 N–H and O–H groups in total. The van der Waals surface area contributed by atoms with E-state index in [4.69, 9.17) is 34.2 Å². The maximum absolute atomic E-state index is 14.1. The summed E-state index contributed by atoms with van der Waals surface area (Å²) in [6, 6.07) is 0. The molecule has 0 aromatic heterocycles. The smallest absolute Gasteiger partial charge is 0.354 e. The normalized spacial score (nSPS) is 23.4. The number of ether oxygens (including phenoxy) is 2. The van der Waals surface area contributed by atoms with Gasteiger partial charge in [0, 0.05) is 40.8 Å². The fourth-order valence-electron chi connectivity index (χ4n) is 10.5. The van der Waals surface area contributed by atoms with Crippen molar-refractivity contribution in [1.29, 1.82) is 0 Å². The lowest BCUT2D eigenvalue weighted by atomic mass is 9.83. The second-order valence-corrected chi connectivity index (χ2v) is 19.9. The van der Waals surface area contributed by atoms with E-state index in [0.717, 1.165) is 81.9 Å². The van der Waals surface area contributed by atoms with Gasteiger partial charge in [-0.1, -0.05) is 105 Å². The second kappa shape index (κ2) is 22.3. The average molecular weight is 917 g/mol. The van der Waals surface area contributed by atoms with Crippen LogP contribution in [0.15, 0.2) is 131 Å². The zero-order chi connectivity index (χ0) is 48.7. The number of aliphatic hydroxyl groups is 1. The van der Waals surface area contributed by atoms with Crippen molar-refractivity contribution < 1.29 is 33.9 Å². The van der Waals surface area contributed by atoms with Crippen LogP contribution >= 0.6 is 0 Å². The van der Waals surface area contributed by atoms with Crippen molar-refractivity contribution in [3.63, 3.8) is 0 Å². The number of carbonyl (C=O) groups is 2. The van der Waals surface area contributed by atoms with Crippen LogP contribution in [0.5, 0.6) is 0 Å². The Morgan fingerprint density at radius 1 is 0.881 bits per heavy atom. The van der Waals surface area contributed by atoms with Crippen LogP contribution in [0.1, 0.15) is 146 Å². The number of aliphatic hydroxyl groups excluding tert-OH is 1. The second-order valence-electron chi connectivity index (χ2n) is 19.9. The molecule has 67 heavy (non-hydrogen) atoms. The van der Waals surface area contributed by atoms with Crippen LogP contribution in [0, 0.1) is 29.6 Å². The Balaban J connectivity index is 1.25. The van der Waals surface area contributed by atoms with Crippen molar-refractivity contribution in [2.24, 2.45) is 44.6 Å². The summed E-state index contributed by atoms with van der Waals surface area (Å²) in [5, 5.41) is 15.9. The Morgan fingerprint density at radius 2 is 1.54 bits per heavy atom. The van der Waals surface area contributed by atoms with E-state index in [2.05, 4.69) is 67.3 Å². The van der Waals surface area contributed by atoms with Crippen molar-refractivity contribution >= 4 is 29.1 Å². The van der Waals surface area contributed by atoms with Crippen LogP contribution in [0.25, 0.3) is 0 Å². The molecule has 1 saturated heterocycles. The highest BCUT2D eigenvalue weighted by Gasteiger charge is 2.62. The molecular weight excluding hydrogens is 841 g/mol. The van der Waals surface area contributed by atoms with Crippen LogP contribution < -0.4 is 5.32 Å². The number of rotatable bonds is 22. The molecule has 0 unspecified atom stereocenters. The Kier molecular flexibility index (Phi) is 17.1. The van der Waals surface area contributed by atoms with E-state index in [-0.39, 0.29) is 30.5 Å². The summed E-state index contributed by atoms with van der Waals surface area (Å²) in [6.45, 7) is 25.9. The summed E-state index contributed by atoms with van der Waals surface area (Å²) in [5.74, 6) is 0.0809. The van der Waals surface area contributed by atoms with E-state index in [1.165, 1.54) is 64.7 Å². The summed E-state index contributed by atoms with van der Waals surface area (Å²) < 4.78 is 11.2. The van der Waals surface area contributed by atoms with Crippen LogP contribution in [0.2, 0.25) is 0 Å². The zero-order valence-electron chi connectivity index (χ0n) is 42.4. The van der Waals surface area contributed by atoms with Gasteiger partial charge in [-0.3, -0.25) is 4.79 Å². The molecule has 11 heteroatoms. The number of nitrogens with zero attached hydrogens (tertiary/aromatic N) is 3. The summed E-state index contributed by atoms with van der Waals surface area (Å²) >= 11 is 0. The first kappa shape index (κ1) is 51.3. The molecule has 0 saturated carbocycles. The molecule has 6 rings (SSSR count). The third-order valence-electron chi connectivity index (χ3n) is 14.6. The Bertz CT molecular complexity index is 2390. The van der Waals surface area contributed by atoms with Crippen LogP contribution in [-0.4, -0.2) is 60.6 Å². The number of hydrogen-bond donors (Lipinski definition) is 2. The first-order valence-corrected chi connectivity index (χ1v) is 24.7. The highest BCUT2D eigenvalue weighted by Crippen LogP contribution is 2.52. The summed E-state index contributed by atoms with van der Waals surface area (Å²) in [4.78, 5) is 54.2. The Morgan fingerprint density at radius 3 is 2.18 bits per heavy atom. The van der Waals surface area contributed by atoms with Gasteiger partial charge in [-0.15, -0.1) is 0 Å². The highest BCUT2D eigenvalue weighted by atomic mass is 17.2. The number of nitrogens with one attached hydrogen (secondary N) is 1. The average Bonchev–Trinajstić information content (AvgIpc) is 4.02. The molecule has 0 aromatic carbocycles. The van der Waals surface area contributed by atoms with Gasteiger partial charge in [-0.25, -0.2) is 29.5 Å². The van der Waals surface area contributed by atoms with Crippen LogP contribution in [0.3, 0.4) is 0 Å². The Labute approximate surface area is 400 Å². The lowest BCUT2D eigenvalue weighted by Gasteiger charge is -2.29. The van der Waals surface area contributed by atoms with E-state index in [0.29, 0.717) is 40.6 Å².